The van der Waals surface area contributed by atoms with E-state index in [2.05, 4.69) is 36.4 Å². The van der Waals surface area contributed by atoms with E-state index >= 15 is 0 Å². The lowest BCUT2D eigenvalue weighted by molar-refractivity contribution is -0.137. The Balaban J connectivity index is 1.58. The lowest BCUT2D eigenvalue weighted by Crippen LogP contribution is -2.03. The number of hydrogen-bond acceptors (Lipinski definition) is 2. The highest BCUT2D eigenvalue weighted by Crippen LogP contribution is 2.23. The molecule has 1 unspecified atom stereocenters. The largest absolute Gasteiger partial charge is 0.489 e. The summed E-state index contributed by atoms with van der Waals surface area (Å²) >= 11 is 0. The van der Waals surface area contributed by atoms with E-state index < -0.39 is 5.97 Å². The summed E-state index contributed by atoms with van der Waals surface area (Å²) < 4.78 is 5.84. The minimum atomic E-state index is -0.781. The molecule has 0 aliphatic heterocycles. The number of carboxylic acids is 1. The van der Waals surface area contributed by atoms with Gasteiger partial charge in [0.15, 0.2) is 0 Å². The van der Waals surface area contributed by atoms with Crippen LogP contribution < -0.4 is 4.74 Å². The normalized spacial score (nSPS) is 11.7. The van der Waals surface area contributed by atoms with Crippen LogP contribution >= 0.6 is 0 Å². The zero-order valence-corrected chi connectivity index (χ0v) is 14.8. The van der Waals surface area contributed by atoms with Gasteiger partial charge >= 0.3 is 5.97 Å². The fourth-order valence-electron chi connectivity index (χ4n) is 2.86. The number of rotatable bonds is 7. The van der Waals surface area contributed by atoms with Crippen LogP contribution in [0.4, 0.5) is 0 Å². The van der Waals surface area contributed by atoms with Gasteiger partial charge in [-0.3, -0.25) is 4.79 Å². The van der Waals surface area contributed by atoms with Crippen molar-refractivity contribution in [1.29, 1.82) is 0 Å². The average molecular weight is 346 g/mol. The number of hydrogen-bond donors (Lipinski definition) is 1. The molecule has 0 aromatic heterocycles. The first-order valence-corrected chi connectivity index (χ1v) is 8.71. The maximum absolute atomic E-state index is 10.8. The molecule has 0 radical (unpaired) electrons. The van der Waals surface area contributed by atoms with Gasteiger partial charge in [-0.1, -0.05) is 73.7 Å². The molecule has 3 nitrogen and oxygen atoms in total. The molecule has 0 heterocycles. The Hall–Kier alpha value is -3.07. The van der Waals surface area contributed by atoms with Crippen LogP contribution in [0.2, 0.25) is 0 Å². The maximum Gasteiger partial charge on any atom is 0.303 e. The highest BCUT2D eigenvalue weighted by molar-refractivity contribution is 5.68. The quantitative estimate of drug-likeness (QED) is 0.613. The van der Waals surface area contributed by atoms with Crippen LogP contribution in [0.15, 0.2) is 78.9 Å². The van der Waals surface area contributed by atoms with Crippen molar-refractivity contribution in [1.82, 2.24) is 0 Å². The minimum Gasteiger partial charge on any atom is -0.489 e. The summed E-state index contributed by atoms with van der Waals surface area (Å²) in [5.74, 6) is -0.00716. The Morgan fingerprint density at radius 1 is 0.885 bits per heavy atom. The number of aliphatic carboxylic acids is 1. The van der Waals surface area contributed by atoms with Crippen molar-refractivity contribution in [3.63, 3.8) is 0 Å². The molecule has 3 heteroatoms. The summed E-state index contributed by atoms with van der Waals surface area (Å²) in [6.07, 6.45) is 0.133. The number of carbonyl (C=O) groups is 1. The van der Waals surface area contributed by atoms with E-state index in [0.29, 0.717) is 6.61 Å². The number of benzene rings is 3. The van der Waals surface area contributed by atoms with Gasteiger partial charge in [-0.15, -0.1) is 0 Å². The third kappa shape index (κ3) is 4.73. The highest BCUT2D eigenvalue weighted by Gasteiger charge is 2.10. The molecular weight excluding hydrogens is 324 g/mol. The molecule has 3 aromatic carbocycles. The van der Waals surface area contributed by atoms with E-state index in [-0.39, 0.29) is 12.3 Å². The van der Waals surface area contributed by atoms with E-state index in [9.17, 15) is 4.79 Å². The van der Waals surface area contributed by atoms with Gasteiger partial charge in [-0.05, 0) is 40.3 Å². The average Bonchev–Trinajstić information content (AvgIpc) is 2.67. The van der Waals surface area contributed by atoms with E-state index in [1.54, 1.807) is 0 Å². The molecule has 3 rings (SSSR count). The van der Waals surface area contributed by atoms with Crippen molar-refractivity contribution in [2.24, 2.45) is 0 Å². The van der Waals surface area contributed by atoms with Crippen LogP contribution in [-0.2, 0) is 11.4 Å². The lowest BCUT2D eigenvalue weighted by atomic mass is 9.98. The number of ether oxygens (including phenoxy) is 1. The van der Waals surface area contributed by atoms with Crippen molar-refractivity contribution in [3.05, 3.63) is 90.0 Å². The van der Waals surface area contributed by atoms with Crippen LogP contribution in [0.1, 0.15) is 30.4 Å². The molecule has 0 bridgehead atoms. The van der Waals surface area contributed by atoms with Crippen molar-refractivity contribution in [2.45, 2.75) is 25.9 Å². The minimum absolute atomic E-state index is 0.00733. The third-order valence-electron chi connectivity index (χ3n) is 4.40. The first-order chi connectivity index (χ1) is 12.6. The van der Waals surface area contributed by atoms with Crippen LogP contribution in [0.25, 0.3) is 11.1 Å². The molecule has 0 fully saturated rings. The lowest BCUT2D eigenvalue weighted by Gasteiger charge is -2.11. The summed E-state index contributed by atoms with van der Waals surface area (Å²) in [7, 11) is 0. The zero-order valence-electron chi connectivity index (χ0n) is 14.8. The van der Waals surface area contributed by atoms with Crippen molar-refractivity contribution in [3.8, 4) is 16.9 Å². The molecule has 0 aliphatic rings. The Labute approximate surface area is 153 Å². The predicted molar refractivity (Wildman–Crippen MR) is 103 cm³/mol. The topological polar surface area (TPSA) is 46.5 Å². The predicted octanol–water partition coefficient (Wildman–Crippen LogP) is 5.51. The molecule has 0 spiro atoms. The van der Waals surface area contributed by atoms with E-state index in [0.717, 1.165) is 16.9 Å². The molecule has 1 N–H and O–H groups in total. The number of carboxylic acid groups (broad SMARTS) is 1. The molecule has 3 aromatic rings. The second-order valence-corrected chi connectivity index (χ2v) is 6.42. The summed E-state index contributed by atoms with van der Waals surface area (Å²) in [5, 5.41) is 8.88. The molecule has 0 saturated carbocycles. The summed E-state index contributed by atoms with van der Waals surface area (Å²) in [6, 6.07) is 26.3. The van der Waals surface area contributed by atoms with Gasteiger partial charge in [-0.25, -0.2) is 0 Å². The standard InChI is InChI=1S/C23H22O3/c1-17(15-23(24)25)19-11-13-22(14-12-19)26-16-18-7-9-21(10-8-18)20-5-3-2-4-6-20/h2-14,17H,15-16H2,1H3,(H,24,25). The molecule has 1 atom stereocenters. The van der Waals surface area contributed by atoms with Crippen LogP contribution in [0.5, 0.6) is 5.75 Å². The fraction of sp³-hybridized carbons (Fsp3) is 0.174. The Kier molecular flexibility index (Phi) is 5.69. The van der Waals surface area contributed by atoms with E-state index in [4.69, 9.17) is 9.84 Å². The summed E-state index contributed by atoms with van der Waals surface area (Å²) in [4.78, 5) is 10.8. The first kappa shape index (κ1) is 17.7. The van der Waals surface area contributed by atoms with Gasteiger partial charge in [-0.2, -0.15) is 0 Å². The Bertz CT molecular complexity index is 837. The molecule has 0 amide bonds. The summed E-state index contributed by atoms with van der Waals surface area (Å²) in [6.45, 7) is 2.41. The third-order valence-corrected chi connectivity index (χ3v) is 4.40. The first-order valence-electron chi connectivity index (χ1n) is 8.71. The maximum atomic E-state index is 10.8. The van der Waals surface area contributed by atoms with Crippen molar-refractivity contribution >= 4 is 5.97 Å². The van der Waals surface area contributed by atoms with Gasteiger partial charge in [0, 0.05) is 0 Å². The van der Waals surface area contributed by atoms with Crippen LogP contribution in [0.3, 0.4) is 0 Å². The molecule has 0 saturated heterocycles. The highest BCUT2D eigenvalue weighted by atomic mass is 16.5. The van der Waals surface area contributed by atoms with E-state index in [1.165, 1.54) is 11.1 Å². The monoisotopic (exact) mass is 346 g/mol. The second kappa shape index (κ2) is 8.34. The Morgan fingerprint density at radius 3 is 2.12 bits per heavy atom. The van der Waals surface area contributed by atoms with E-state index in [1.807, 2.05) is 49.4 Å². The molecule has 26 heavy (non-hydrogen) atoms. The smallest absolute Gasteiger partial charge is 0.303 e. The van der Waals surface area contributed by atoms with Gasteiger partial charge in [0.2, 0.25) is 0 Å². The molecular formula is C23H22O3. The van der Waals surface area contributed by atoms with Crippen molar-refractivity contribution in [2.75, 3.05) is 0 Å². The molecule has 132 valence electrons. The second-order valence-electron chi connectivity index (χ2n) is 6.42. The van der Waals surface area contributed by atoms with Gasteiger partial charge < -0.3 is 9.84 Å². The van der Waals surface area contributed by atoms with Crippen molar-refractivity contribution < 1.29 is 14.6 Å². The van der Waals surface area contributed by atoms with Gasteiger partial charge in [0.25, 0.3) is 0 Å². The van der Waals surface area contributed by atoms with Crippen LogP contribution in [-0.4, -0.2) is 11.1 Å². The molecule has 0 aliphatic carbocycles. The zero-order chi connectivity index (χ0) is 18.4. The SMILES string of the molecule is CC(CC(=O)O)c1ccc(OCc2ccc(-c3ccccc3)cc2)cc1. The van der Waals surface area contributed by atoms with Crippen LogP contribution in [0, 0.1) is 0 Å². The fourth-order valence-corrected chi connectivity index (χ4v) is 2.86. The van der Waals surface area contributed by atoms with Gasteiger partial charge in [0.1, 0.15) is 12.4 Å². The Morgan fingerprint density at radius 2 is 1.50 bits per heavy atom. The summed E-state index contributed by atoms with van der Waals surface area (Å²) in [5.41, 5.74) is 4.50. The van der Waals surface area contributed by atoms with Gasteiger partial charge in [0.05, 0.1) is 6.42 Å².